The number of amides is 1. The van der Waals surface area contributed by atoms with E-state index in [-0.39, 0.29) is 24.6 Å². The monoisotopic (exact) mass is 352 g/mol. The summed E-state index contributed by atoms with van der Waals surface area (Å²) in [6, 6.07) is 6.87. The van der Waals surface area contributed by atoms with Crippen LogP contribution in [0.2, 0.25) is 5.02 Å². The van der Waals surface area contributed by atoms with Gasteiger partial charge in [-0.1, -0.05) is 22.8 Å². The van der Waals surface area contributed by atoms with Crippen LogP contribution in [0.25, 0.3) is 0 Å². The van der Waals surface area contributed by atoms with E-state index in [0.29, 0.717) is 36.7 Å². The van der Waals surface area contributed by atoms with Gasteiger partial charge in [-0.05, 0) is 18.2 Å². The fourth-order valence-corrected chi connectivity index (χ4v) is 3.04. The number of likely N-dealkylation sites (tertiary alicyclic amines) is 1. The van der Waals surface area contributed by atoms with E-state index < -0.39 is 11.6 Å². The average molecular weight is 353 g/mol. The van der Waals surface area contributed by atoms with Gasteiger partial charge in [0.25, 0.3) is 5.91 Å². The Balaban J connectivity index is 1.48. The molecule has 3 rings (SSSR count). The zero-order valence-electron chi connectivity index (χ0n) is 12.9. The molecule has 2 aliphatic heterocycles. The molecule has 1 aromatic carbocycles. The highest BCUT2D eigenvalue weighted by Crippen LogP contribution is 2.34. The van der Waals surface area contributed by atoms with Gasteiger partial charge in [0.05, 0.1) is 0 Å². The number of nitrogens with zero attached hydrogens (tertiary/aromatic N) is 2. The maximum Gasteiger partial charge on any atom is 0.353 e. The maximum absolute atomic E-state index is 12.2. The first-order valence-electron chi connectivity index (χ1n) is 7.62. The Hall–Kier alpha value is -2.28. The number of hydrogen-bond donors (Lipinski definition) is 1. The van der Waals surface area contributed by atoms with Crippen molar-refractivity contribution in [3.8, 4) is 5.75 Å². The molecule has 2 aliphatic rings. The fourth-order valence-electron chi connectivity index (χ4n) is 2.86. The van der Waals surface area contributed by atoms with Crippen molar-refractivity contribution in [2.24, 2.45) is 5.16 Å². The van der Waals surface area contributed by atoms with Gasteiger partial charge in [-0.15, -0.1) is 0 Å². The lowest BCUT2D eigenvalue weighted by molar-refractivity contribution is -0.139. The van der Waals surface area contributed by atoms with Gasteiger partial charge in [-0.3, -0.25) is 4.79 Å². The Morgan fingerprint density at radius 3 is 2.75 bits per heavy atom. The Bertz CT molecular complexity index is 683. The van der Waals surface area contributed by atoms with Crippen molar-refractivity contribution in [2.45, 2.75) is 24.9 Å². The zero-order valence-corrected chi connectivity index (χ0v) is 13.7. The van der Waals surface area contributed by atoms with E-state index in [0.717, 1.165) is 0 Å². The number of rotatable bonds is 4. The van der Waals surface area contributed by atoms with Crippen LogP contribution in [0.1, 0.15) is 19.3 Å². The molecule has 1 N–H and O–H groups in total. The number of hydrogen-bond acceptors (Lipinski definition) is 5. The summed E-state index contributed by atoms with van der Waals surface area (Å²) in [5, 5.41) is 13.2. The minimum absolute atomic E-state index is 0.0408. The Morgan fingerprint density at radius 1 is 1.38 bits per heavy atom. The third-order valence-electron chi connectivity index (χ3n) is 4.27. The van der Waals surface area contributed by atoms with E-state index in [1.807, 2.05) is 0 Å². The average Bonchev–Trinajstić information content (AvgIpc) is 2.97. The first kappa shape index (κ1) is 16.6. The molecule has 0 aromatic heterocycles. The molecule has 1 spiro atoms. The van der Waals surface area contributed by atoms with Gasteiger partial charge in [0.1, 0.15) is 11.4 Å². The summed E-state index contributed by atoms with van der Waals surface area (Å²) in [5.41, 5.74) is -0.544. The van der Waals surface area contributed by atoms with Crippen LogP contribution in [0.3, 0.4) is 0 Å². The molecule has 8 heteroatoms. The minimum Gasteiger partial charge on any atom is -0.484 e. The van der Waals surface area contributed by atoms with Gasteiger partial charge in [0.15, 0.2) is 12.3 Å². The molecule has 0 bridgehead atoms. The van der Waals surface area contributed by atoms with Crippen molar-refractivity contribution in [1.29, 1.82) is 0 Å². The first-order valence-corrected chi connectivity index (χ1v) is 8.00. The normalized spacial score (nSPS) is 18.9. The lowest BCUT2D eigenvalue weighted by atomic mass is 9.87. The molecule has 2 heterocycles. The predicted molar refractivity (Wildman–Crippen MR) is 86.3 cm³/mol. The molecule has 1 fully saturated rings. The highest BCUT2D eigenvalue weighted by Gasteiger charge is 2.44. The highest BCUT2D eigenvalue weighted by atomic mass is 35.5. The quantitative estimate of drug-likeness (QED) is 0.894. The van der Waals surface area contributed by atoms with Gasteiger partial charge in [-0.25, -0.2) is 4.79 Å². The van der Waals surface area contributed by atoms with Crippen LogP contribution in [0.15, 0.2) is 29.4 Å². The number of piperidine rings is 1. The van der Waals surface area contributed by atoms with E-state index in [1.54, 1.807) is 29.2 Å². The molecule has 0 radical (unpaired) electrons. The van der Waals surface area contributed by atoms with Crippen LogP contribution in [0.4, 0.5) is 0 Å². The van der Waals surface area contributed by atoms with E-state index in [4.69, 9.17) is 26.3 Å². The van der Waals surface area contributed by atoms with Gasteiger partial charge < -0.3 is 19.6 Å². The van der Waals surface area contributed by atoms with Crippen LogP contribution in [-0.2, 0) is 14.4 Å². The van der Waals surface area contributed by atoms with Gasteiger partial charge in [0.2, 0.25) is 0 Å². The molecule has 128 valence electrons. The van der Waals surface area contributed by atoms with Crippen LogP contribution in [-0.4, -0.2) is 52.9 Å². The summed E-state index contributed by atoms with van der Waals surface area (Å²) < 4.78 is 5.46. The van der Waals surface area contributed by atoms with Crippen molar-refractivity contribution in [2.75, 3.05) is 19.7 Å². The summed E-state index contributed by atoms with van der Waals surface area (Å²) >= 11 is 5.87. The van der Waals surface area contributed by atoms with E-state index in [9.17, 15) is 9.59 Å². The van der Waals surface area contributed by atoms with Gasteiger partial charge in [0, 0.05) is 37.4 Å². The number of halogens is 1. The third kappa shape index (κ3) is 3.62. The van der Waals surface area contributed by atoms with Crippen LogP contribution in [0.5, 0.6) is 5.75 Å². The van der Waals surface area contributed by atoms with Gasteiger partial charge >= 0.3 is 5.97 Å². The predicted octanol–water partition coefficient (Wildman–Crippen LogP) is 1.94. The van der Waals surface area contributed by atoms with Crippen molar-refractivity contribution in [3.05, 3.63) is 29.3 Å². The van der Waals surface area contributed by atoms with E-state index in [1.165, 1.54) is 0 Å². The van der Waals surface area contributed by atoms with Crippen LogP contribution in [0, 0.1) is 0 Å². The first-order chi connectivity index (χ1) is 11.5. The van der Waals surface area contributed by atoms with Gasteiger partial charge in [-0.2, -0.15) is 0 Å². The molecular formula is C16H17ClN2O5. The molecular weight excluding hydrogens is 336 g/mol. The Labute approximate surface area is 143 Å². The Morgan fingerprint density at radius 2 is 2.12 bits per heavy atom. The minimum atomic E-state index is -1.06. The zero-order chi connectivity index (χ0) is 17.2. The number of carbonyl (C=O) groups excluding carboxylic acids is 1. The number of benzene rings is 1. The largest absolute Gasteiger partial charge is 0.484 e. The van der Waals surface area contributed by atoms with Crippen molar-refractivity contribution in [1.82, 2.24) is 4.90 Å². The molecule has 1 amide bonds. The summed E-state index contributed by atoms with van der Waals surface area (Å²) in [7, 11) is 0. The second kappa shape index (κ2) is 6.68. The molecule has 0 unspecified atom stereocenters. The third-order valence-corrected chi connectivity index (χ3v) is 4.51. The van der Waals surface area contributed by atoms with Crippen molar-refractivity contribution >= 4 is 29.2 Å². The number of aliphatic carboxylic acids is 1. The number of carboxylic acids is 1. The standard InChI is InChI=1S/C16H17ClN2O5/c17-11-2-1-3-12(8-11)23-10-14(20)19-6-4-16(5-7-19)9-13(15(21)22)18-24-16/h1-3,8H,4-7,9-10H2,(H,21,22). The lowest BCUT2D eigenvalue weighted by Gasteiger charge is -2.37. The molecule has 0 aliphatic carbocycles. The number of oxime groups is 1. The number of carboxylic acid groups (broad SMARTS) is 1. The summed E-state index contributed by atoms with van der Waals surface area (Å²) in [6.45, 7) is 0.908. The molecule has 1 saturated heterocycles. The molecule has 0 saturated carbocycles. The number of carbonyl (C=O) groups is 2. The highest BCUT2D eigenvalue weighted by molar-refractivity contribution is 6.36. The molecule has 24 heavy (non-hydrogen) atoms. The second-order valence-electron chi connectivity index (χ2n) is 5.92. The topological polar surface area (TPSA) is 88.4 Å². The van der Waals surface area contributed by atoms with Crippen molar-refractivity contribution < 1.29 is 24.3 Å². The number of ether oxygens (including phenoxy) is 1. The van der Waals surface area contributed by atoms with E-state index >= 15 is 0 Å². The Kier molecular flexibility index (Phi) is 4.62. The second-order valence-corrected chi connectivity index (χ2v) is 6.36. The van der Waals surface area contributed by atoms with Crippen LogP contribution < -0.4 is 4.74 Å². The summed E-state index contributed by atoms with van der Waals surface area (Å²) in [4.78, 5) is 30.2. The summed E-state index contributed by atoms with van der Waals surface area (Å²) in [6.07, 6.45) is 1.38. The van der Waals surface area contributed by atoms with E-state index in [2.05, 4.69) is 5.16 Å². The lowest BCUT2D eigenvalue weighted by Crippen LogP contribution is -2.48. The molecule has 7 nitrogen and oxygen atoms in total. The molecule has 1 aromatic rings. The summed E-state index contributed by atoms with van der Waals surface area (Å²) in [5.74, 6) is -0.634. The SMILES string of the molecule is O=C(O)C1=NOC2(CCN(C(=O)COc3cccc(Cl)c3)CC2)C1. The maximum atomic E-state index is 12.2. The fraction of sp³-hybridized carbons (Fsp3) is 0.438. The van der Waals surface area contributed by atoms with Crippen molar-refractivity contribution in [3.63, 3.8) is 0 Å². The smallest absolute Gasteiger partial charge is 0.353 e. The van der Waals surface area contributed by atoms with Crippen LogP contribution >= 0.6 is 11.6 Å². The molecule has 0 atom stereocenters.